The molecular formula is C22H20ClFN2O3. The van der Waals surface area contributed by atoms with E-state index in [1.807, 2.05) is 0 Å². The molecule has 5 nitrogen and oxygen atoms in total. The van der Waals surface area contributed by atoms with Crippen LogP contribution in [-0.2, 0) is 14.3 Å². The number of halogens is 2. The summed E-state index contributed by atoms with van der Waals surface area (Å²) < 4.78 is 18.7. The average Bonchev–Trinajstić information content (AvgIpc) is 2.96. The molecule has 0 bridgehead atoms. The summed E-state index contributed by atoms with van der Waals surface area (Å²) in [6, 6.07) is 11.8. The van der Waals surface area contributed by atoms with Crippen molar-refractivity contribution in [2.45, 2.75) is 13.8 Å². The highest BCUT2D eigenvalue weighted by atomic mass is 35.5. The monoisotopic (exact) mass is 414 g/mol. The first kappa shape index (κ1) is 20.7. The third-order valence-corrected chi connectivity index (χ3v) is 4.69. The number of ether oxygens (including phenoxy) is 1. The maximum Gasteiger partial charge on any atom is 0.302 e. The van der Waals surface area contributed by atoms with E-state index < -0.39 is 0 Å². The van der Waals surface area contributed by atoms with E-state index in [4.69, 9.17) is 11.6 Å². The van der Waals surface area contributed by atoms with Gasteiger partial charge >= 0.3 is 5.97 Å². The predicted molar refractivity (Wildman–Crippen MR) is 111 cm³/mol. The fourth-order valence-electron chi connectivity index (χ4n) is 3.25. The smallest absolute Gasteiger partial charge is 0.302 e. The molecule has 2 aliphatic heterocycles. The highest BCUT2D eigenvalue weighted by Gasteiger charge is 2.29. The van der Waals surface area contributed by atoms with Gasteiger partial charge in [0.05, 0.1) is 24.4 Å². The molecule has 0 fully saturated rings. The predicted octanol–water partition coefficient (Wildman–Crippen LogP) is 3.78. The minimum Gasteiger partial charge on any atom is -0.466 e. The Kier molecular flexibility index (Phi) is 6.44. The maximum absolute atomic E-state index is 14.3. The second-order valence-corrected chi connectivity index (χ2v) is 6.86. The lowest BCUT2D eigenvalue weighted by Gasteiger charge is -2.12. The molecule has 0 aromatic heterocycles. The molecule has 0 saturated heterocycles. The molecule has 1 amide bonds. The summed E-state index contributed by atoms with van der Waals surface area (Å²) in [5.41, 5.74) is 3.93. The van der Waals surface area contributed by atoms with Crippen LogP contribution in [0.2, 0.25) is 5.02 Å². The number of carbonyl (C=O) groups excluding carboxylic acids is 2. The van der Waals surface area contributed by atoms with Crippen LogP contribution in [0, 0.1) is 5.82 Å². The Labute approximate surface area is 173 Å². The summed E-state index contributed by atoms with van der Waals surface area (Å²) in [5.74, 6) is -0.672. The molecule has 1 N–H and O–H groups in total. The largest absolute Gasteiger partial charge is 0.466 e. The van der Waals surface area contributed by atoms with E-state index in [-0.39, 0.29) is 17.7 Å². The first-order chi connectivity index (χ1) is 13.9. The van der Waals surface area contributed by atoms with Crippen LogP contribution in [0.1, 0.15) is 30.5 Å². The van der Waals surface area contributed by atoms with E-state index >= 15 is 0 Å². The Morgan fingerprint density at radius 1 is 1.21 bits per heavy atom. The zero-order valence-electron chi connectivity index (χ0n) is 16.1. The van der Waals surface area contributed by atoms with Gasteiger partial charge in [-0.15, -0.1) is 0 Å². The molecule has 0 radical (unpaired) electrons. The fraction of sp³-hybridized carbons (Fsp3) is 0.227. The second-order valence-electron chi connectivity index (χ2n) is 6.42. The molecule has 0 unspecified atom stereocenters. The molecule has 150 valence electrons. The molecule has 2 aromatic rings. The Balaban J connectivity index is 0.000000353. The van der Waals surface area contributed by atoms with Crippen molar-refractivity contribution in [2.24, 2.45) is 4.99 Å². The number of carbonyl (C=O) groups is 2. The van der Waals surface area contributed by atoms with E-state index in [9.17, 15) is 14.0 Å². The topological polar surface area (TPSA) is 67.8 Å². The van der Waals surface area contributed by atoms with Crippen LogP contribution in [0.4, 0.5) is 4.39 Å². The van der Waals surface area contributed by atoms with Crippen LogP contribution in [0.15, 0.2) is 53.0 Å². The fourth-order valence-corrected chi connectivity index (χ4v) is 3.42. The molecule has 29 heavy (non-hydrogen) atoms. The molecule has 0 spiro atoms. The number of nitrogens with zero attached hydrogens (tertiary/aromatic N) is 1. The van der Waals surface area contributed by atoms with E-state index in [1.54, 1.807) is 43.3 Å². The van der Waals surface area contributed by atoms with Crippen LogP contribution in [0.5, 0.6) is 0 Å². The molecule has 0 atom stereocenters. The van der Waals surface area contributed by atoms with Crippen LogP contribution < -0.4 is 5.32 Å². The minimum atomic E-state index is -0.344. The lowest BCUT2D eigenvalue weighted by atomic mass is 9.92. The summed E-state index contributed by atoms with van der Waals surface area (Å²) >= 11 is 6.14. The second kappa shape index (κ2) is 9.01. The zero-order chi connectivity index (χ0) is 21.0. The lowest BCUT2D eigenvalue weighted by Crippen LogP contribution is -2.19. The molecule has 2 aliphatic rings. The van der Waals surface area contributed by atoms with Crippen molar-refractivity contribution < 1.29 is 18.7 Å². The number of aliphatic imine (C=N–C) groups is 1. The number of benzene rings is 2. The normalized spacial score (nSPS) is 14.6. The highest BCUT2D eigenvalue weighted by molar-refractivity contribution is 6.32. The van der Waals surface area contributed by atoms with Gasteiger partial charge in [-0.1, -0.05) is 29.8 Å². The molecule has 7 heteroatoms. The van der Waals surface area contributed by atoms with Gasteiger partial charge in [0.2, 0.25) is 0 Å². The van der Waals surface area contributed by atoms with Crippen molar-refractivity contribution in [3.05, 3.63) is 75.6 Å². The molecular weight excluding hydrogens is 395 g/mol. The number of nitrogens with one attached hydrogen (secondary N) is 1. The number of hydrogen-bond acceptors (Lipinski definition) is 4. The lowest BCUT2D eigenvalue weighted by molar-refractivity contribution is -0.140. The molecule has 0 saturated carbocycles. The van der Waals surface area contributed by atoms with Gasteiger partial charge in [-0.2, -0.15) is 0 Å². The quantitative estimate of drug-likeness (QED) is 0.760. The maximum atomic E-state index is 14.3. The van der Waals surface area contributed by atoms with Crippen molar-refractivity contribution in [1.29, 1.82) is 0 Å². The minimum absolute atomic E-state index is 0.117. The van der Waals surface area contributed by atoms with E-state index in [0.717, 1.165) is 11.1 Å². The van der Waals surface area contributed by atoms with Gasteiger partial charge in [0.25, 0.3) is 5.91 Å². The summed E-state index contributed by atoms with van der Waals surface area (Å²) in [7, 11) is 0. The Morgan fingerprint density at radius 2 is 1.97 bits per heavy atom. The van der Waals surface area contributed by atoms with Crippen LogP contribution in [-0.4, -0.2) is 37.3 Å². The van der Waals surface area contributed by atoms with Crippen LogP contribution in [0.25, 0.3) is 5.57 Å². The Hall–Kier alpha value is -2.99. The van der Waals surface area contributed by atoms with Gasteiger partial charge in [-0.25, -0.2) is 4.39 Å². The van der Waals surface area contributed by atoms with Gasteiger partial charge in [-0.05, 0) is 42.3 Å². The molecule has 2 heterocycles. The van der Waals surface area contributed by atoms with Gasteiger partial charge in [0.1, 0.15) is 5.82 Å². The number of rotatable bonds is 2. The summed E-state index contributed by atoms with van der Waals surface area (Å²) in [6.07, 6.45) is 0. The first-order valence-corrected chi connectivity index (χ1v) is 9.53. The van der Waals surface area contributed by atoms with Gasteiger partial charge in [0, 0.05) is 29.6 Å². The summed E-state index contributed by atoms with van der Waals surface area (Å²) in [6.45, 7) is 4.49. The van der Waals surface area contributed by atoms with Crippen LogP contribution >= 0.6 is 11.6 Å². The molecule has 0 aliphatic carbocycles. The number of amides is 1. The van der Waals surface area contributed by atoms with Gasteiger partial charge < -0.3 is 10.1 Å². The first-order valence-electron chi connectivity index (χ1n) is 9.15. The van der Waals surface area contributed by atoms with E-state index in [2.05, 4.69) is 15.0 Å². The van der Waals surface area contributed by atoms with Gasteiger partial charge in [0.15, 0.2) is 0 Å². The third-order valence-electron chi connectivity index (χ3n) is 4.45. The summed E-state index contributed by atoms with van der Waals surface area (Å²) in [4.78, 5) is 26.6. The number of hydrogen-bond donors (Lipinski definition) is 1. The van der Waals surface area contributed by atoms with Crippen molar-refractivity contribution in [3.63, 3.8) is 0 Å². The van der Waals surface area contributed by atoms with Crippen LogP contribution in [0.3, 0.4) is 0 Å². The summed E-state index contributed by atoms with van der Waals surface area (Å²) in [5, 5.41) is 3.34. The van der Waals surface area contributed by atoms with E-state index in [1.165, 1.54) is 13.0 Å². The average molecular weight is 415 g/mol. The number of esters is 1. The highest BCUT2D eigenvalue weighted by Crippen LogP contribution is 2.33. The van der Waals surface area contributed by atoms with E-state index in [0.29, 0.717) is 47.1 Å². The van der Waals surface area contributed by atoms with Gasteiger partial charge in [-0.3, -0.25) is 14.6 Å². The third kappa shape index (κ3) is 4.54. The molecule has 4 rings (SSSR count). The Bertz CT molecular complexity index is 1030. The van der Waals surface area contributed by atoms with Crippen molar-refractivity contribution >= 4 is 34.8 Å². The van der Waals surface area contributed by atoms with Crippen molar-refractivity contribution in [2.75, 3.05) is 19.7 Å². The SMILES string of the molecule is CCOC(C)=O.O=C1NCC2=C1c1ccc(Cl)cc1C(c1ccccc1F)=NC2. The zero-order valence-corrected chi connectivity index (χ0v) is 16.8. The standard InChI is InChI=1S/C18H12ClFN2O.C4H8O2/c19-11-5-6-12-14(7-11)17(13-3-1-2-4-15(13)20)21-8-10-9-22-18(23)16(10)12;1-3-6-4(2)5/h1-7H,8-9H2,(H,22,23);3H2,1-2H3. The Morgan fingerprint density at radius 3 is 2.62 bits per heavy atom. The molecule has 2 aromatic carbocycles. The van der Waals surface area contributed by atoms with Crippen molar-refractivity contribution in [3.8, 4) is 0 Å². The van der Waals surface area contributed by atoms with Crippen molar-refractivity contribution in [1.82, 2.24) is 5.32 Å². The number of fused-ring (bicyclic) bond motifs is 2.